The van der Waals surface area contributed by atoms with Crippen molar-refractivity contribution < 1.29 is 18.8 Å². The van der Waals surface area contributed by atoms with Gasteiger partial charge in [0.05, 0.1) is 5.46 Å². The van der Waals surface area contributed by atoms with Crippen LogP contribution in [0.5, 0.6) is 0 Å². The van der Waals surface area contributed by atoms with Crippen LogP contribution in [0.15, 0.2) is 12.1 Å². The van der Waals surface area contributed by atoms with Crippen LogP contribution in [0.25, 0.3) is 0 Å². The minimum atomic E-state index is -2.13. The van der Waals surface area contributed by atoms with Crippen LogP contribution in [0.2, 0.25) is 0 Å². The van der Waals surface area contributed by atoms with Crippen molar-refractivity contribution in [3.63, 3.8) is 0 Å². The molecule has 0 radical (unpaired) electrons. The quantitative estimate of drug-likeness (QED) is 0.693. The van der Waals surface area contributed by atoms with Gasteiger partial charge in [-0.05, 0) is 19.2 Å². The van der Waals surface area contributed by atoms with Gasteiger partial charge in [-0.1, -0.05) is 0 Å². The minimum Gasteiger partial charge on any atom is -0.423 e. The smallest absolute Gasteiger partial charge is 0.423 e. The number of nitrogens with zero attached hydrogens (tertiary/aromatic N) is 2. The number of likely N-dealkylation sites (N-methyl/N-ethyl adjacent to an activating group) is 1. The summed E-state index contributed by atoms with van der Waals surface area (Å²) in [5, 5.41) is 17.8. The van der Waals surface area contributed by atoms with Crippen molar-refractivity contribution in [2.24, 2.45) is 0 Å². The summed E-state index contributed by atoms with van der Waals surface area (Å²) in [5.41, 5.74) is -0.268. The summed E-state index contributed by atoms with van der Waals surface area (Å²) >= 11 is 0. The van der Waals surface area contributed by atoms with E-state index >= 15 is 0 Å². The largest absolute Gasteiger partial charge is 0.494 e. The Hall–Kier alpha value is -1.18. The Morgan fingerprint density at radius 1 is 1.06 bits per heavy atom. The molecule has 4 nitrogen and oxygen atoms in total. The lowest BCUT2D eigenvalue weighted by Gasteiger charge is -2.34. The van der Waals surface area contributed by atoms with E-state index in [1.807, 2.05) is 11.9 Å². The monoisotopic (exact) mass is 256 g/mol. The molecule has 1 aliphatic heterocycles. The maximum absolute atomic E-state index is 13.6. The van der Waals surface area contributed by atoms with Crippen LogP contribution in [0.4, 0.5) is 14.5 Å². The lowest BCUT2D eigenvalue weighted by Crippen LogP contribution is -2.45. The van der Waals surface area contributed by atoms with Gasteiger partial charge in [0.2, 0.25) is 0 Å². The zero-order chi connectivity index (χ0) is 13.3. The maximum Gasteiger partial charge on any atom is 0.494 e. The van der Waals surface area contributed by atoms with Crippen LogP contribution >= 0.6 is 0 Å². The van der Waals surface area contributed by atoms with Crippen molar-refractivity contribution in [3.8, 4) is 0 Å². The van der Waals surface area contributed by atoms with Crippen LogP contribution in [0, 0.1) is 11.6 Å². The Labute approximate surface area is 105 Å². The van der Waals surface area contributed by atoms with Gasteiger partial charge >= 0.3 is 7.12 Å². The summed E-state index contributed by atoms with van der Waals surface area (Å²) < 4.78 is 27.2. The van der Waals surface area contributed by atoms with Gasteiger partial charge < -0.3 is 19.8 Å². The van der Waals surface area contributed by atoms with E-state index in [2.05, 4.69) is 4.90 Å². The lowest BCUT2D eigenvalue weighted by molar-refractivity contribution is 0.312. The first kappa shape index (κ1) is 13.3. The highest BCUT2D eigenvalue weighted by Gasteiger charge is 2.24. The van der Waals surface area contributed by atoms with Gasteiger partial charge in [0.25, 0.3) is 0 Å². The second-order valence-electron chi connectivity index (χ2n) is 4.49. The molecule has 0 amide bonds. The Bertz CT molecular complexity index is 414. The number of hydrogen-bond donors (Lipinski definition) is 2. The van der Waals surface area contributed by atoms with Crippen molar-refractivity contribution in [2.75, 3.05) is 38.1 Å². The van der Waals surface area contributed by atoms with E-state index in [0.717, 1.165) is 25.2 Å². The van der Waals surface area contributed by atoms with Crippen molar-refractivity contribution in [3.05, 3.63) is 23.8 Å². The molecule has 0 saturated carbocycles. The third-order valence-corrected chi connectivity index (χ3v) is 3.19. The van der Waals surface area contributed by atoms with E-state index in [1.54, 1.807) is 0 Å². The van der Waals surface area contributed by atoms with Gasteiger partial charge in [-0.2, -0.15) is 0 Å². The molecule has 0 aliphatic carbocycles. The van der Waals surface area contributed by atoms with Crippen molar-refractivity contribution in [1.29, 1.82) is 0 Å². The third-order valence-electron chi connectivity index (χ3n) is 3.19. The Morgan fingerprint density at radius 3 is 2.00 bits per heavy atom. The molecule has 1 aromatic carbocycles. The molecule has 18 heavy (non-hydrogen) atoms. The Balaban J connectivity index is 2.25. The predicted molar refractivity (Wildman–Crippen MR) is 65.9 cm³/mol. The molecule has 7 heteroatoms. The van der Waals surface area contributed by atoms with Crippen molar-refractivity contribution >= 4 is 18.3 Å². The standard InChI is InChI=1S/C11H15BF2N2O2/c1-15-2-4-16(5-3-15)8-6-9(13)11(12(17)18)10(14)7-8/h6-7,17-18H,2-5H2,1H3. The molecule has 0 aromatic heterocycles. The summed E-state index contributed by atoms with van der Waals surface area (Å²) in [7, 11) is -0.143. The second-order valence-corrected chi connectivity index (χ2v) is 4.49. The number of hydrogen-bond acceptors (Lipinski definition) is 4. The first-order chi connectivity index (χ1) is 8.49. The number of piperazine rings is 1. The summed E-state index contributed by atoms with van der Waals surface area (Å²) in [5.74, 6) is -1.86. The maximum atomic E-state index is 13.6. The Kier molecular flexibility index (Phi) is 3.84. The normalized spacial score (nSPS) is 17.1. The predicted octanol–water partition coefficient (Wildman–Crippen LogP) is -0.604. The van der Waals surface area contributed by atoms with Gasteiger partial charge in [-0.15, -0.1) is 0 Å². The highest BCUT2D eigenvalue weighted by Crippen LogP contribution is 2.18. The number of anilines is 1. The van der Waals surface area contributed by atoms with Crippen LogP contribution in [0.1, 0.15) is 0 Å². The summed E-state index contributed by atoms with van der Waals surface area (Å²) in [6.07, 6.45) is 0. The molecule has 2 rings (SSSR count). The van der Waals surface area contributed by atoms with E-state index in [-0.39, 0.29) is 0 Å². The van der Waals surface area contributed by atoms with Gasteiger partial charge in [-0.3, -0.25) is 0 Å². The van der Waals surface area contributed by atoms with E-state index in [9.17, 15) is 8.78 Å². The minimum absolute atomic E-state index is 0.433. The first-order valence-electron chi connectivity index (χ1n) is 5.77. The lowest BCUT2D eigenvalue weighted by atomic mass is 9.79. The molecular weight excluding hydrogens is 241 g/mol. The number of halogens is 2. The van der Waals surface area contributed by atoms with Crippen LogP contribution in [-0.2, 0) is 0 Å². The van der Waals surface area contributed by atoms with Gasteiger partial charge in [0, 0.05) is 31.9 Å². The van der Waals surface area contributed by atoms with Crippen LogP contribution < -0.4 is 10.4 Å². The highest BCUT2D eigenvalue weighted by molar-refractivity contribution is 6.58. The SMILES string of the molecule is CN1CCN(c2cc(F)c(B(O)O)c(F)c2)CC1. The highest BCUT2D eigenvalue weighted by atomic mass is 19.1. The molecular formula is C11H15BF2N2O2. The zero-order valence-electron chi connectivity index (χ0n) is 10.1. The molecule has 2 N–H and O–H groups in total. The van der Waals surface area contributed by atoms with Crippen molar-refractivity contribution in [1.82, 2.24) is 4.90 Å². The first-order valence-corrected chi connectivity index (χ1v) is 5.77. The number of rotatable bonds is 2. The molecule has 1 aliphatic rings. The fraction of sp³-hybridized carbons (Fsp3) is 0.455. The third kappa shape index (κ3) is 2.63. The summed E-state index contributed by atoms with van der Waals surface area (Å²) in [6, 6.07) is 2.28. The average Bonchev–Trinajstić information content (AvgIpc) is 2.28. The zero-order valence-corrected chi connectivity index (χ0v) is 10.1. The number of benzene rings is 1. The van der Waals surface area contributed by atoms with Crippen LogP contribution in [-0.4, -0.2) is 55.3 Å². The van der Waals surface area contributed by atoms with Gasteiger partial charge in [0.15, 0.2) is 0 Å². The van der Waals surface area contributed by atoms with E-state index in [4.69, 9.17) is 10.0 Å². The van der Waals surface area contributed by atoms with E-state index in [1.165, 1.54) is 0 Å². The van der Waals surface area contributed by atoms with Gasteiger partial charge in [-0.25, -0.2) is 8.78 Å². The molecule has 0 bridgehead atoms. The molecule has 98 valence electrons. The molecule has 0 spiro atoms. The summed E-state index contributed by atoms with van der Waals surface area (Å²) in [4.78, 5) is 4.01. The van der Waals surface area contributed by atoms with E-state index < -0.39 is 24.2 Å². The van der Waals surface area contributed by atoms with Gasteiger partial charge in [0.1, 0.15) is 11.6 Å². The van der Waals surface area contributed by atoms with Crippen LogP contribution in [0.3, 0.4) is 0 Å². The topological polar surface area (TPSA) is 46.9 Å². The fourth-order valence-electron chi connectivity index (χ4n) is 2.06. The fourth-order valence-corrected chi connectivity index (χ4v) is 2.06. The molecule has 1 aromatic rings. The Morgan fingerprint density at radius 2 is 1.56 bits per heavy atom. The molecule has 1 fully saturated rings. The molecule has 1 heterocycles. The average molecular weight is 256 g/mol. The molecule has 0 unspecified atom stereocenters. The van der Waals surface area contributed by atoms with E-state index in [0.29, 0.717) is 18.8 Å². The molecule has 0 atom stereocenters. The molecule has 1 saturated heterocycles. The summed E-state index contributed by atoms with van der Waals surface area (Å²) in [6.45, 7) is 3.04. The van der Waals surface area contributed by atoms with Crippen molar-refractivity contribution in [2.45, 2.75) is 0 Å². The second kappa shape index (κ2) is 5.21.